The van der Waals surface area contributed by atoms with E-state index in [4.69, 9.17) is 9.47 Å². The van der Waals surface area contributed by atoms with E-state index in [2.05, 4.69) is 31.4 Å². The fourth-order valence-corrected chi connectivity index (χ4v) is 3.67. The zero-order chi connectivity index (χ0) is 26.3. The molecule has 3 rings (SSSR count). The highest BCUT2D eigenvalue weighted by Crippen LogP contribution is 2.32. The van der Waals surface area contributed by atoms with Gasteiger partial charge in [-0.25, -0.2) is 4.79 Å². The van der Waals surface area contributed by atoms with Gasteiger partial charge in [0.1, 0.15) is 11.5 Å². The molecule has 0 saturated heterocycles. The van der Waals surface area contributed by atoms with Gasteiger partial charge in [0.15, 0.2) is 6.61 Å². The Morgan fingerprint density at radius 1 is 0.944 bits per heavy atom. The van der Waals surface area contributed by atoms with Crippen molar-refractivity contribution < 1.29 is 19.4 Å². The number of carbonyl (C=O) groups is 1. The van der Waals surface area contributed by atoms with Crippen LogP contribution in [0, 0.1) is 0 Å². The minimum absolute atomic E-state index is 0.141. The molecular formula is C32H36O4. The van der Waals surface area contributed by atoms with Crippen molar-refractivity contribution in [2.24, 2.45) is 0 Å². The third-order valence-corrected chi connectivity index (χ3v) is 5.35. The average Bonchev–Trinajstić information content (AvgIpc) is 2.90. The van der Waals surface area contributed by atoms with Gasteiger partial charge in [0.2, 0.25) is 0 Å². The molecule has 0 unspecified atom stereocenters. The number of esters is 1. The Morgan fingerprint density at radius 2 is 1.61 bits per heavy atom. The Kier molecular flexibility index (Phi) is 11.8. The van der Waals surface area contributed by atoms with Crippen molar-refractivity contribution in [1.29, 1.82) is 0 Å². The van der Waals surface area contributed by atoms with Gasteiger partial charge >= 0.3 is 5.97 Å². The van der Waals surface area contributed by atoms with E-state index in [1.807, 2.05) is 62.4 Å². The van der Waals surface area contributed by atoms with Gasteiger partial charge in [-0.1, -0.05) is 87.7 Å². The lowest BCUT2D eigenvalue weighted by atomic mass is 9.95. The molecule has 0 aromatic heterocycles. The van der Waals surface area contributed by atoms with Crippen LogP contribution in [-0.2, 0) is 22.4 Å². The van der Waals surface area contributed by atoms with Crippen molar-refractivity contribution in [3.63, 3.8) is 0 Å². The number of allylic oxidation sites excluding steroid dienone is 4. The number of phenols is 1. The Labute approximate surface area is 215 Å². The molecule has 0 aliphatic rings. The summed E-state index contributed by atoms with van der Waals surface area (Å²) >= 11 is 0. The molecule has 1 N–H and O–H groups in total. The third-order valence-electron chi connectivity index (χ3n) is 5.35. The predicted octanol–water partition coefficient (Wildman–Crippen LogP) is 7.46. The molecule has 0 fully saturated rings. The van der Waals surface area contributed by atoms with Crippen LogP contribution in [0.5, 0.6) is 11.5 Å². The summed E-state index contributed by atoms with van der Waals surface area (Å²) in [5.74, 6) is 0.480. The lowest BCUT2D eigenvalue weighted by Gasteiger charge is -2.14. The molecule has 0 amide bonds. The second kappa shape index (κ2) is 15.0. The number of hydrogen-bond acceptors (Lipinski definition) is 4. The Balaban J connectivity index is 0.00000222. The highest BCUT2D eigenvalue weighted by molar-refractivity contribution is 5.72. The van der Waals surface area contributed by atoms with Gasteiger partial charge in [0.25, 0.3) is 0 Å². The van der Waals surface area contributed by atoms with Gasteiger partial charge < -0.3 is 14.6 Å². The van der Waals surface area contributed by atoms with Gasteiger partial charge in [-0.05, 0) is 64.6 Å². The topological polar surface area (TPSA) is 55.8 Å². The van der Waals surface area contributed by atoms with Crippen LogP contribution in [0.25, 0.3) is 11.1 Å². The fourth-order valence-electron chi connectivity index (χ4n) is 3.67. The summed E-state index contributed by atoms with van der Waals surface area (Å²) in [7, 11) is 0. The average molecular weight is 485 g/mol. The first kappa shape index (κ1) is 28.2. The maximum atomic E-state index is 11.8. The van der Waals surface area contributed by atoms with Crippen molar-refractivity contribution in [2.75, 3.05) is 13.2 Å². The molecule has 0 spiro atoms. The number of aromatic hydroxyl groups is 1. The molecule has 3 aromatic rings. The molecule has 36 heavy (non-hydrogen) atoms. The first-order valence-corrected chi connectivity index (χ1v) is 12.3. The van der Waals surface area contributed by atoms with Crippen LogP contribution in [0.1, 0.15) is 37.5 Å². The SMILES string of the molecule is C=C/C=C(\C=C)Cc1cc(-c2ccc(OCC(=O)OCC)c(Cc3ccccc3)c2)ccc1O.CC. The largest absolute Gasteiger partial charge is 0.508 e. The van der Waals surface area contributed by atoms with Crippen molar-refractivity contribution in [1.82, 2.24) is 0 Å². The van der Waals surface area contributed by atoms with E-state index in [1.54, 1.807) is 25.1 Å². The lowest BCUT2D eigenvalue weighted by Crippen LogP contribution is -2.15. The van der Waals surface area contributed by atoms with Gasteiger partial charge in [-0.15, -0.1) is 0 Å². The summed E-state index contributed by atoms with van der Waals surface area (Å²) in [6.07, 6.45) is 6.56. The van der Waals surface area contributed by atoms with E-state index >= 15 is 0 Å². The normalized spacial score (nSPS) is 10.6. The Hall–Kier alpha value is -4.05. The second-order valence-corrected chi connectivity index (χ2v) is 7.78. The van der Waals surface area contributed by atoms with E-state index < -0.39 is 5.97 Å². The van der Waals surface area contributed by atoms with E-state index in [0.717, 1.165) is 33.4 Å². The van der Waals surface area contributed by atoms with Gasteiger partial charge in [0.05, 0.1) is 6.61 Å². The van der Waals surface area contributed by atoms with Crippen LogP contribution in [0.15, 0.2) is 104 Å². The van der Waals surface area contributed by atoms with Gasteiger partial charge in [0, 0.05) is 12.8 Å². The molecule has 0 aliphatic heterocycles. The molecule has 3 aromatic carbocycles. The molecule has 0 aliphatic carbocycles. The zero-order valence-corrected chi connectivity index (χ0v) is 21.5. The molecule has 4 heteroatoms. The quantitative estimate of drug-likeness (QED) is 0.227. The molecule has 0 saturated carbocycles. The van der Waals surface area contributed by atoms with Gasteiger partial charge in [-0.3, -0.25) is 0 Å². The van der Waals surface area contributed by atoms with Crippen LogP contribution in [0.3, 0.4) is 0 Å². The van der Waals surface area contributed by atoms with Crippen LogP contribution in [0.2, 0.25) is 0 Å². The van der Waals surface area contributed by atoms with E-state index in [0.29, 0.717) is 25.2 Å². The summed E-state index contributed by atoms with van der Waals surface area (Å²) in [5, 5.41) is 10.4. The molecule has 188 valence electrons. The molecular weight excluding hydrogens is 448 g/mol. The Bertz CT molecular complexity index is 1180. The van der Waals surface area contributed by atoms with Gasteiger partial charge in [-0.2, -0.15) is 0 Å². The summed E-state index contributed by atoms with van der Waals surface area (Å²) in [5.41, 5.74) is 5.83. The number of benzene rings is 3. The molecule has 0 radical (unpaired) electrons. The third kappa shape index (κ3) is 8.31. The second-order valence-electron chi connectivity index (χ2n) is 7.78. The van der Waals surface area contributed by atoms with Crippen LogP contribution in [0.4, 0.5) is 0 Å². The molecule has 4 nitrogen and oxygen atoms in total. The highest BCUT2D eigenvalue weighted by atomic mass is 16.6. The maximum absolute atomic E-state index is 11.8. The number of ether oxygens (including phenoxy) is 2. The van der Waals surface area contributed by atoms with E-state index in [-0.39, 0.29) is 12.4 Å². The predicted molar refractivity (Wildman–Crippen MR) is 148 cm³/mol. The first-order valence-electron chi connectivity index (χ1n) is 12.3. The summed E-state index contributed by atoms with van der Waals surface area (Å²) in [6, 6.07) is 21.6. The zero-order valence-electron chi connectivity index (χ0n) is 21.5. The number of hydrogen-bond donors (Lipinski definition) is 1. The van der Waals surface area contributed by atoms with Crippen LogP contribution >= 0.6 is 0 Å². The molecule has 0 heterocycles. The number of phenolic OH excluding ortho intramolecular Hbond substituents is 1. The van der Waals surface area contributed by atoms with E-state index in [9.17, 15) is 9.90 Å². The van der Waals surface area contributed by atoms with Crippen molar-refractivity contribution in [2.45, 2.75) is 33.6 Å². The van der Waals surface area contributed by atoms with Crippen molar-refractivity contribution >= 4 is 5.97 Å². The Morgan fingerprint density at radius 3 is 2.25 bits per heavy atom. The smallest absolute Gasteiger partial charge is 0.344 e. The monoisotopic (exact) mass is 484 g/mol. The molecule has 0 atom stereocenters. The molecule has 0 bridgehead atoms. The first-order chi connectivity index (χ1) is 17.5. The minimum atomic E-state index is -0.397. The highest BCUT2D eigenvalue weighted by Gasteiger charge is 2.12. The maximum Gasteiger partial charge on any atom is 0.344 e. The van der Waals surface area contributed by atoms with Crippen molar-refractivity contribution in [3.8, 4) is 22.6 Å². The van der Waals surface area contributed by atoms with E-state index in [1.165, 1.54) is 0 Å². The summed E-state index contributed by atoms with van der Waals surface area (Å²) < 4.78 is 10.8. The summed E-state index contributed by atoms with van der Waals surface area (Å²) in [6.45, 7) is 13.5. The van der Waals surface area contributed by atoms with Crippen molar-refractivity contribution in [3.05, 3.63) is 120 Å². The minimum Gasteiger partial charge on any atom is -0.508 e. The fraction of sp³-hybridized carbons (Fsp3) is 0.219. The summed E-state index contributed by atoms with van der Waals surface area (Å²) in [4.78, 5) is 11.8. The number of rotatable bonds is 11. The van der Waals surface area contributed by atoms with Crippen LogP contribution in [-0.4, -0.2) is 24.3 Å². The lowest BCUT2D eigenvalue weighted by molar-refractivity contribution is -0.145. The van der Waals surface area contributed by atoms with Crippen LogP contribution < -0.4 is 4.74 Å². The standard InChI is InChI=1S/C30H30O4.C2H6/c1-4-10-22(5-2)17-26-19-24(13-15-28(26)31)25-14-16-29(34-21-30(32)33-6-3)27(20-25)18-23-11-8-7-9-12-23;1-2/h4-5,7-16,19-20,31H,1-2,6,17-18,21H2,3H3;1-2H3/b22-10+;. The number of carbonyl (C=O) groups excluding carboxylic acids is 1.